The van der Waals surface area contributed by atoms with E-state index in [-0.39, 0.29) is 5.91 Å². The molecule has 0 unspecified atom stereocenters. The van der Waals surface area contributed by atoms with E-state index in [9.17, 15) is 4.79 Å². The largest absolute Gasteiger partial charge is 0.347 e. The Morgan fingerprint density at radius 2 is 2.05 bits per heavy atom. The van der Waals surface area contributed by atoms with Crippen LogP contribution >= 0.6 is 0 Å². The molecule has 19 heavy (non-hydrogen) atoms. The lowest BCUT2D eigenvalue weighted by Crippen LogP contribution is -2.20. The molecule has 0 radical (unpaired) electrons. The summed E-state index contributed by atoms with van der Waals surface area (Å²) in [6.07, 6.45) is 4.70. The van der Waals surface area contributed by atoms with Gasteiger partial charge in [-0.25, -0.2) is 9.97 Å². The van der Waals surface area contributed by atoms with Crippen LogP contribution in [0.4, 0.5) is 0 Å². The highest BCUT2D eigenvalue weighted by Gasteiger charge is 2.02. The van der Waals surface area contributed by atoms with Gasteiger partial charge in [0.15, 0.2) is 0 Å². The molecule has 0 aliphatic rings. The standard InChI is InChI=1S/C15H15N3O/c1-2-6-15(19)16-10-13-9-14(18-11-17-13)12-7-4-3-5-8-12/h2-9,11H,10H2,1H3,(H,16,19)/b6-2+. The van der Waals surface area contributed by atoms with Crippen LogP contribution in [-0.4, -0.2) is 15.9 Å². The van der Waals surface area contributed by atoms with E-state index in [0.717, 1.165) is 17.0 Å². The molecular formula is C15H15N3O. The predicted molar refractivity (Wildman–Crippen MR) is 74.1 cm³/mol. The first-order valence-corrected chi connectivity index (χ1v) is 6.06. The lowest BCUT2D eigenvalue weighted by molar-refractivity contribution is -0.116. The lowest BCUT2D eigenvalue weighted by atomic mass is 10.1. The third-order valence-corrected chi connectivity index (χ3v) is 2.56. The van der Waals surface area contributed by atoms with Gasteiger partial charge < -0.3 is 5.32 Å². The normalized spacial score (nSPS) is 10.6. The van der Waals surface area contributed by atoms with Crippen molar-refractivity contribution in [3.05, 3.63) is 60.6 Å². The number of aromatic nitrogens is 2. The van der Waals surface area contributed by atoms with Crippen molar-refractivity contribution in [3.8, 4) is 11.3 Å². The molecule has 0 saturated heterocycles. The van der Waals surface area contributed by atoms with Crippen molar-refractivity contribution in [2.45, 2.75) is 13.5 Å². The molecule has 1 amide bonds. The minimum absolute atomic E-state index is 0.123. The van der Waals surface area contributed by atoms with E-state index in [0.29, 0.717) is 6.54 Å². The summed E-state index contributed by atoms with van der Waals surface area (Å²) in [5.41, 5.74) is 2.67. The maximum Gasteiger partial charge on any atom is 0.243 e. The molecule has 0 spiro atoms. The molecule has 0 bridgehead atoms. The van der Waals surface area contributed by atoms with Gasteiger partial charge in [0.1, 0.15) is 6.33 Å². The molecule has 4 nitrogen and oxygen atoms in total. The monoisotopic (exact) mass is 253 g/mol. The Kier molecular flexibility index (Phi) is 4.39. The average Bonchev–Trinajstić information content (AvgIpc) is 2.47. The van der Waals surface area contributed by atoms with Gasteiger partial charge in [-0.1, -0.05) is 36.4 Å². The number of rotatable bonds is 4. The van der Waals surface area contributed by atoms with Crippen LogP contribution in [0.2, 0.25) is 0 Å². The summed E-state index contributed by atoms with van der Waals surface area (Å²) in [7, 11) is 0. The van der Waals surface area contributed by atoms with E-state index in [1.165, 1.54) is 12.4 Å². The number of benzene rings is 1. The molecule has 1 heterocycles. The number of allylic oxidation sites excluding steroid dienone is 1. The summed E-state index contributed by atoms with van der Waals surface area (Å²) < 4.78 is 0. The van der Waals surface area contributed by atoms with Crippen LogP contribution in [-0.2, 0) is 11.3 Å². The number of amides is 1. The second-order valence-corrected chi connectivity index (χ2v) is 3.98. The molecule has 0 saturated carbocycles. The zero-order valence-electron chi connectivity index (χ0n) is 10.7. The molecule has 96 valence electrons. The van der Waals surface area contributed by atoms with E-state index in [4.69, 9.17) is 0 Å². The molecule has 1 aromatic heterocycles. The van der Waals surface area contributed by atoms with E-state index in [1.54, 1.807) is 13.0 Å². The molecule has 2 aromatic rings. The number of nitrogens with zero attached hydrogens (tertiary/aromatic N) is 2. The van der Waals surface area contributed by atoms with E-state index in [2.05, 4.69) is 15.3 Å². The third-order valence-electron chi connectivity index (χ3n) is 2.56. The Balaban J connectivity index is 2.10. The number of hydrogen-bond acceptors (Lipinski definition) is 3. The van der Waals surface area contributed by atoms with Crippen LogP contribution in [0.25, 0.3) is 11.3 Å². The second kappa shape index (κ2) is 6.44. The van der Waals surface area contributed by atoms with Crippen LogP contribution in [0.3, 0.4) is 0 Å². The van der Waals surface area contributed by atoms with Crippen molar-refractivity contribution >= 4 is 5.91 Å². The van der Waals surface area contributed by atoms with Crippen molar-refractivity contribution < 1.29 is 4.79 Å². The first-order valence-electron chi connectivity index (χ1n) is 6.06. The highest BCUT2D eigenvalue weighted by atomic mass is 16.1. The van der Waals surface area contributed by atoms with Crippen molar-refractivity contribution in [1.82, 2.24) is 15.3 Å². The zero-order valence-corrected chi connectivity index (χ0v) is 10.7. The van der Waals surface area contributed by atoms with Crippen LogP contribution in [0, 0.1) is 0 Å². The molecule has 0 fully saturated rings. The third kappa shape index (κ3) is 3.74. The minimum Gasteiger partial charge on any atom is -0.347 e. The van der Waals surface area contributed by atoms with Gasteiger partial charge in [-0.05, 0) is 19.1 Å². The van der Waals surface area contributed by atoms with Gasteiger partial charge in [0.2, 0.25) is 5.91 Å². The average molecular weight is 253 g/mol. The summed E-state index contributed by atoms with van der Waals surface area (Å²) in [5, 5.41) is 2.76. The predicted octanol–water partition coefficient (Wildman–Crippen LogP) is 2.34. The molecule has 1 aromatic carbocycles. The first kappa shape index (κ1) is 13.0. The Bertz CT molecular complexity index is 579. The first-order chi connectivity index (χ1) is 9.29. The maximum absolute atomic E-state index is 11.3. The van der Waals surface area contributed by atoms with Gasteiger partial charge in [0.25, 0.3) is 0 Å². The van der Waals surface area contributed by atoms with Gasteiger partial charge >= 0.3 is 0 Å². The minimum atomic E-state index is -0.123. The fourth-order valence-electron chi connectivity index (χ4n) is 1.65. The van der Waals surface area contributed by atoms with E-state index < -0.39 is 0 Å². The number of carbonyl (C=O) groups excluding carboxylic acids is 1. The van der Waals surface area contributed by atoms with Gasteiger partial charge in [-0.3, -0.25) is 4.79 Å². The number of hydrogen-bond donors (Lipinski definition) is 1. The van der Waals surface area contributed by atoms with Gasteiger partial charge in [-0.2, -0.15) is 0 Å². The number of carbonyl (C=O) groups is 1. The second-order valence-electron chi connectivity index (χ2n) is 3.98. The van der Waals surface area contributed by atoms with Crippen LogP contribution in [0.15, 0.2) is 54.9 Å². The Morgan fingerprint density at radius 3 is 2.79 bits per heavy atom. The SMILES string of the molecule is C/C=C/C(=O)NCc1cc(-c2ccccc2)ncn1. The van der Waals surface area contributed by atoms with Crippen molar-refractivity contribution in [2.24, 2.45) is 0 Å². The molecule has 4 heteroatoms. The van der Waals surface area contributed by atoms with Crippen LogP contribution in [0.1, 0.15) is 12.6 Å². The fourth-order valence-corrected chi connectivity index (χ4v) is 1.65. The van der Waals surface area contributed by atoms with Gasteiger partial charge in [-0.15, -0.1) is 0 Å². The Morgan fingerprint density at radius 1 is 1.26 bits per heavy atom. The zero-order chi connectivity index (χ0) is 13.5. The summed E-state index contributed by atoms with van der Waals surface area (Å²) in [5.74, 6) is -0.123. The quantitative estimate of drug-likeness (QED) is 0.851. The van der Waals surface area contributed by atoms with Crippen molar-refractivity contribution in [2.75, 3.05) is 0 Å². The van der Waals surface area contributed by atoms with E-state index in [1.807, 2.05) is 36.4 Å². The molecular weight excluding hydrogens is 238 g/mol. The Hall–Kier alpha value is -2.49. The topological polar surface area (TPSA) is 54.9 Å². The smallest absolute Gasteiger partial charge is 0.243 e. The highest BCUT2D eigenvalue weighted by Crippen LogP contribution is 2.15. The summed E-state index contributed by atoms with van der Waals surface area (Å²) in [6.45, 7) is 2.20. The van der Waals surface area contributed by atoms with Crippen molar-refractivity contribution in [1.29, 1.82) is 0 Å². The lowest BCUT2D eigenvalue weighted by Gasteiger charge is -2.04. The maximum atomic E-state index is 11.3. The fraction of sp³-hybridized carbons (Fsp3) is 0.133. The van der Waals surface area contributed by atoms with Crippen LogP contribution < -0.4 is 5.32 Å². The van der Waals surface area contributed by atoms with Gasteiger partial charge in [0.05, 0.1) is 17.9 Å². The van der Waals surface area contributed by atoms with E-state index >= 15 is 0 Å². The summed E-state index contributed by atoms with van der Waals surface area (Å²) in [4.78, 5) is 19.7. The van der Waals surface area contributed by atoms with Crippen LogP contribution in [0.5, 0.6) is 0 Å². The van der Waals surface area contributed by atoms with Crippen molar-refractivity contribution in [3.63, 3.8) is 0 Å². The molecule has 1 N–H and O–H groups in total. The number of nitrogens with one attached hydrogen (secondary N) is 1. The highest BCUT2D eigenvalue weighted by molar-refractivity contribution is 5.87. The molecule has 0 atom stereocenters. The molecule has 0 aliphatic carbocycles. The van der Waals surface area contributed by atoms with Gasteiger partial charge in [0, 0.05) is 5.56 Å². The summed E-state index contributed by atoms with van der Waals surface area (Å²) in [6, 6.07) is 11.7. The molecule has 0 aliphatic heterocycles. The summed E-state index contributed by atoms with van der Waals surface area (Å²) >= 11 is 0. The Labute approximate surface area is 112 Å². The molecule has 2 rings (SSSR count).